The quantitative estimate of drug-likeness (QED) is 0.462. The Kier molecular flexibility index (Phi) is 5.94. The fourth-order valence-electron chi connectivity index (χ4n) is 4.46. The van der Waals surface area contributed by atoms with E-state index in [4.69, 9.17) is 0 Å². The van der Waals surface area contributed by atoms with Gasteiger partial charge in [-0.3, -0.25) is 9.59 Å². The minimum atomic E-state index is -0.154. The number of aromatic nitrogens is 1. The van der Waals surface area contributed by atoms with Crippen LogP contribution in [-0.2, 0) is 17.8 Å². The van der Waals surface area contributed by atoms with Crippen molar-refractivity contribution in [2.75, 3.05) is 19.6 Å². The van der Waals surface area contributed by atoms with Gasteiger partial charge in [-0.25, -0.2) is 0 Å². The summed E-state index contributed by atoms with van der Waals surface area (Å²) in [6.07, 6.45) is 2.58. The molecule has 4 aromatic rings. The van der Waals surface area contributed by atoms with Crippen molar-refractivity contribution in [2.45, 2.75) is 13.0 Å². The first-order valence-electron chi connectivity index (χ1n) is 11.4. The number of H-pyrrole nitrogens is 1. The van der Waals surface area contributed by atoms with Crippen LogP contribution in [-0.4, -0.2) is 46.2 Å². The van der Waals surface area contributed by atoms with Crippen molar-refractivity contribution in [3.05, 3.63) is 108 Å². The summed E-state index contributed by atoms with van der Waals surface area (Å²) in [5, 5.41) is 0.922. The van der Waals surface area contributed by atoms with Gasteiger partial charge < -0.3 is 14.8 Å². The first-order chi connectivity index (χ1) is 16.2. The van der Waals surface area contributed by atoms with Gasteiger partial charge in [-0.1, -0.05) is 78.9 Å². The van der Waals surface area contributed by atoms with Crippen LogP contribution in [0, 0.1) is 5.92 Å². The first-order valence-corrected chi connectivity index (χ1v) is 11.4. The maximum atomic E-state index is 13.4. The molecule has 1 aromatic heterocycles. The zero-order valence-electron chi connectivity index (χ0n) is 18.5. The fourth-order valence-corrected chi connectivity index (χ4v) is 4.46. The van der Waals surface area contributed by atoms with E-state index in [1.807, 2.05) is 65.6 Å². The van der Waals surface area contributed by atoms with Gasteiger partial charge in [-0.05, 0) is 23.6 Å². The molecule has 0 unspecified atom stereocenters. The van der Waals surface area contributed by atoms with Crippen LogP contribution < -0.4 is 0 Å². The zero-order valence-corrected chi connectivity index (χ0v) is 18.5. The van der Waals surface area contributed by atoms with Crippen molar-refractivity contribution in [1.82, 2.24) is 14.8 Å². The maximum Gasteiger partial charge on any atom is 0.256 e. The van der Waals surface area contributed by atoms with E-state index in [1.165, 1.54) is 5.56 Å². The molecule has 2 amide bonds. The predicted octanol–water partition coefficient (Wildman–Crippen LogP) is 4.51. The van der Waals surface area contributed by atoms with E-state index in [0.717, 1.165) is 22.9 Å². The van der Waals surface area contributed by atoms with Crippen LogP contribution >= 0.6 is 0 Å². The lowest BCUT2D eigenvalue weighted by atomic mass is 9.96. The lowest BCUT2D eigenvalue weighted by molar-refractivity contribution is -0.140. The largest absolute Gasteiger partial charge is 0.360 e. The summed E-state index contributed by atoms with van der Waals surface area (Å²) in [7, 11) is 0. The minimum Gasteiger partial charge on any atom is -0.360 e. The van der Waals surface area contributed by atoms with Gasteiger partial charge in [-0.15, -0.1) is 0 Å². The predicted molar refractivity (Wildman–Crippen MR) is 130 cm³/mol. The Morgan fingerprint density at radius 1 is 0.848 bits per heavy atom. The van der Waals surface area contributed by atoms with Crippen LogP contribution in [0.25, 0.3) is 10.9 Å². The number of amides is 2. The Labute approximate surface area is 193 Å². The van der Waals surface area contributed by atoms with Crippen LogP contribution in [0.15, 0.2) is 91.1 Å². The highest BCUT2D eigenvalue weighted by Crippen LogP contribution is 2.25. The van der Waals surface area contributed by atoms with E-state index in [1.54, 1.807) is 11.1 Å². The van der Waals surface area contributed by atoms with E-state index < -0.39 is 0 Å². The lowest BCUT2D eigenvalue weighted by Crippen LogP contribution is -2.56. The molecule has 0 bridgehead atoms. The molecular formula is C28H27N3O2. The number of hydrogen-bond donors (Lipinski definition) is 1. The molecule has 0 spiro atoms. The smallest absolute Gasteiger partial charge is 0.256 e. The summed E-state index contributed by atoms with van der Waals surface area (Å²) in [6.45, 7) is 2.17. The summed E-state index contributed by atoms with van der Waals surface area (Å²) in [4.78, 5) is 33.3. The number of carbonyl (C=O) groups excluding carboxylic acids is 2. The standard InChI is InChI=1S/C28H27N3O2/c32-27(23-19-31(20-23)28(33)25-17-29-26-14-8-7-13-24(25)26)30(18-22-11-5-2-6-12-22)16-15-21-9-3-1-4-10-21/h1-14,17,23,29H,15-16,18-20H2. The van der Waals surface area contributed by atoms with Gasteiger partial charge in [0.2, 0.25) is 5.91 Å². The van der Waals surface area contributed by atoms with Crippen LogP contribution in [0.5, 0.6) is 0 Å². The van der Waals surface area contributed by atoms with Crippen molar-refractivity contribution in [3.63, 3.8) is 0 Å². The van der Waals surface area contributed by atoms with Crippen molar-refractivity contribution in [3.8, 4) is 0 Å². The number of likely N-dealkylation sites (tertiary alicyclic amines) is 1. The van der Waals surface area contributed by atoms with E-state index >= 15 is 0 Å². The highest BCUT2D eigenvalue weighted by atomic mass is 16.2. The molecule has 0 saturated carbocycles. The molecular weight excluding hydrogens is 410 g/mol. The Bertz CT molecular complexity index is 1240. The van der Waals surface area contributed by atoms with Crippen LogP contribution in [0.4, 0.5) is 0 Å². The van der Waals surface area contributed by atoms with Crippen molar-refractivity contribution >= 4 is 22.7 Å². The van der Waals surface area contributed by atoms with E-state index in [9.17, 15) is 9.59 Å². The van der Waals surface area contributed by atoms with Crippen LogP contribution in [0.3, 0.4) is 0 Å². The van der Waals surface area contributed by atoms with Gasteiger partial charge in [0, 0.05) is 43.3 Å². The number of aromatic amines is 1. The average molecular weight is 438 g/mol. The average Bonchev–Trinajstić information content (AvgIpc) is 3.26. The highest BCUT2D eigenvalue weighted by Gasteiger charge is 2.38. The summed E-state index contributed by atoms with van der Waals surface area (Å²) >= 11 is 0. The number of nitrogens with one attached hydrogen (secondary N) is 1. The van der Waals surface area contributed by atoms with E-state index in [2.05, 4.69) is 29.2 Å². The summed E-state index contributed by atoms with van der Waals surface area (Å²) in [5.74, 6) is -0.0493. The van der Waals surface area contributed by atoms with Crippen molar-refractivity contribution in [1.29, 1.82) is 0 Å². The SMILES string of the molecule is O=C(c1c[nH]c2ccccc12)N1CC(C(=O)N(CCc2ccccc2)Cc2ccccc2)C1. The normalized spacial score (nSPS) is 13.6. The number of carbonyl (C=O) groups is 2. The van der Waals surface area contributed by atoms with Gasteiger partial charge >= 0.3 is 0 Å². The lowest BCUT2D eigenvalue weighted by Gasteiger charge is -2.40. The van der Waals surface area contributed by atoms with Crippen molar-refractivity contribution < 1.29 is 9.59 Å². The van der Waals surface area contributed by atoms with Gasteiger partial charge in [0.05, 0.1) is 11.5 Å². The summed E-state index contributed by atoms with van der Waals surface area (Å²) in [5.41, 5.74) is 3.95. The molecule has 1 fully saturated rings. The molecule has 5 heteroatoms. The molecule has 5 nitrogen and oxygen atoms in total. The first kappa shape index (κ1) is 21.0. The van der Waals surface area contributed by atoms with E-state index in [0.29, 0.717) is 31.7 Å². The number of benzene rings is 3. The van der Waals surface area contributed by atoms with Gasteiger partial charge in [0.25, 0.3) is 5.91 Å². The second-order valence-electron chi connectivity index (χ2n) is 8.64. The van der Waals surface area contributed by atoms with Gasteiger partial charge in [0.1, 0.15) is 0 Å². The molecule has 1 saturated heterocycles. The molecule has 0 atom stereocenters. The third-order valence-electron chi connectivity index (χ3n) is 6.38. The number of rotatable bonds is 7. The molecule has 0 radical (unpaired) electrons. The molecule has 166 valence electrons. The molecule has 1 aliphatic heterocycles. The Hall–Kier alpha value is -3.86. The number of nitrogens with zero attached hydrogens (tertiary/aromatic N) is 2. The van der Waals surface area contributed by atoms with Gasteiger partial charge in [0.15, 0.2) is 0 Å². The highest BCUT2D eigenvalue weighted by molar-refractivity contribution is 6.07. The molecule has 2 heterocycles. The topological polar surface area (TPSA) is 56.4 Å². The molecule has 1 aliphatic rings. The van der Waals surface area contributed by atoms with Crippen LogP contribution in [0.2, 0.25) is 0 Å². The number of hydrogen-bond acceptors (Lipinski definition) is 2. The maximum absolute atomic E-state index is 13.4. The number of fused-ring (bicyclic) bond motifs is 1. The molecule has 33 heavy (non-hydrogen) atoms. The third kappa shape index (κ3) is 4.53. The minimum absolute atomic E-state index is 0.0182. The molecule has 3 aromatic carbocycles. The van der Waals surface area contributed by atoms with Crippen LogP contribution in [0.1, 0.15) is 21.5 Å². The second kappa shape index (κ2) is 9.33. The Morgan fingerprint density at radius 2 is 1.48 bits per heavy atom. The van der Waals surface area contributed by atoms with Gasteiger partial charge in [-0.2, -0.15) is 0 Å². The molecule has 5 rings (SSSR count). The summed E-state index contributed by atoms with van der Waals surface area (Å²) < 4.78 is 0. The Balaban J connectivity index is 1.25. The summed E-state index contributed by atoms with van der Waals surface area (Å²) in [6, 6.07) is 28.1. The second-order valence-corrected chi connectivity index (χ2v) is 8.64. The zero-order chi connectivity index (χ0) is 22.6. The van der Waals surface area contributed by atoms with Crippen molar-refractivity contribution in [2.24, 2.45) is 5.92 Å². The number of para-hydroxylation sites is 1. The van der Waals surface area contributed by atoms with E-state index in [-0.39, 0.29) is 17.7 Å². The molecule has 0 aliphatic carbocycles. The monoisotopic (exact) mass is 437 g/mol. The Morgan fingerprint density at radius 3 is 2.21 bits per heavy atom. The fraction of sp³-hybridized carbons (Fsp3) is 0.214. The third-order valence-corrected chi connectivity index (χ3v) is 6.38. The molecule has 1 N–H and O–H groups in total.